The third-order valence-corrected chi connectivity index (χ3v) is 8.01. The molecule has 0 aliphatic heterocycles. The highest BCUT2D eigenvalue weighted by Gasteiger charge is 2.23. The van der Waals surface area contributed by atoms with Crippen molar-refractivity contribution in [1.82, 2.24) is 55.4 Å². The van der Waals surface area contributed by atoms with Crippen LogP contribution in [0.25, 0.3) is 34.4 Å². The van der Waals surface area contributed by atoms with Gasteiger partial charge in [0.05, 0.1) is 67.4 Å². The Morgan fingerprint density at radius 2 is 1.20 bits per heavy atom. The number of tetrazole rings is 2. The van der Waals surface area contributed by atoms with E-state index in [4.69, 9.17) is 14.7 Å². The summed E-state index contributed by atoms with van der Waals surface area (Å²) in [6.45, 7) is 0. The molecule has 0 bridgehead atoms. The Morgan fingerprint density at radius 1 is 0.636 bits per heavy atom. The third kappa shape index (κ3) is 8.07. The summed E-state index contributed by atoms with van der Waals surface area (Å²) in [6, 6.07) is 33.0. The highest BCUT2D eigenvalue weighted by atomic mass is 16.5. The van der Waals surface area contributed by atoms with Gasteiger partial charge in [0.1, 0.15) is 34.9 Å². The van der Waals surface area contributed by atoms with E-state index in [0.29, 0.717) is 68.3 Å². The van der Waals surface area contributed by atoms with Crippen LogP contribution in [0.5, 0.6) is 11.5 Å². The summed E-state index contributed by atoms with van der Waals surface area (Å²) < 4.78 is 10.9. The number of aromatic nitrogens is 11. The maximum Gasteiger partial charge on any atom is 0.223 e. The average molecular weight is 726 g/mol. The van der Waals surface area contributed by atoms with Crippen LogP contribution in [-0.2, 0) is 0 Å². The van der Waals surface area contributed by atoms with Gasteiger partial charge >= 0.3 is 0 Å². The van der Waals surface area contributed by atoms with Gasteiger partial charge in [0.15, 0.2) is 0 Å². The first-order chi connectivity index (χ1) is 27.0. The predicted molar refractivity (Wildman–Crippen MR) is 193 cm³/mol. The normalized spacial score (nSPS) is 11.3. The number of pyridine rings is 3. The number of nitriles is 4. The molecule has 7 rings (SSSR count). The average Bonchev–Trinajstić information content (AvgIpc) is 3.96. The number of hydrogen-bond acceptors (Lipinski definition) is 15. The van der Waals surface area contributed by atoms with Crippen molar-refractivity contribution in [3.63, 3.8) is 0 Å². The monoisotopic (exact) mass is 725 g/mol. The second kappa shape index (κ2) is 17.2. The highest BCUT2D eigenvalue weighted by Crippen LogP contribution is 2.34. The fraction of sp³-hybridized carbons (Fsp3) is 0.132. The summed E-state index contributed by atoms with van der Waals surface area (Å²) in [7, 11) is 3.02. The zero-order chi connectivity index (χ0) is 38.6. The van der Waals surface area contributed by atoms with E-state index in [1.165, 1.54) is 23.8 Å². The van der Waals surface area contributed by atoms with Gasteiger partial charge in [0.25, 0.3) is 0 Å². The summed E-state index contributed by atoms with van der Waals surface area (Å²) in [6.07, 6.45) is 4.96. The largest absolute Gasteiger partial charge is 0.496 e. The Morgan fingerprint density at radius 3 is 1.69 bits per heavy atom. The lowest BCUT2D eigenvalue weighted by molar-refractivity contribution is 0.407. The summed E-state index contributed by atoms with van der Waals surface area (Å²) in [5.41, 5.74) is 4.42. The molecule has 266 valence electrons. The van der Waals surface area contributed by atoms with Gasteiger partial charge in [-0.3, -0.25) is 15.0 Å². The molecular formula is C38H27N15O2. The van der Waals surface area contributed by atoms with Crippen LogP contribution in [0.15, 0.2) is 104 Å². The van der Waals surface area contributed by atoms with Crippen LogP contribution in [-0.4, -0.2) is 69.6 Å². The molecular weight excluding hydrogens is 699 g/mol. The first kappa shape index (κ1) is 36.4. The van der Waals surface area contributed by atoms with Gasteiger partial charge in [-0.1, -0.05) is 24.3 Å². The van der Waals surface area contributed by atoms with Crippen molar-refractivity contribution >= 4 is 0 Å². The molecule has 55 heavy (non-hydrogen) atoms. The molecule has 5 aromatic heterocycles. The Bertz CT molecular complexity index is 2580. The van der Waals surface area contributed by atoms with E-state index in [9.17, 15) is 15.8 Å². The summed E-state index contributed by atoms with van der Waals surface area (Å²) >= 11 is 0. The van der Waals surface area contributed by atoms with Crippen LogP contribution in [0.2, 0.25) is 0 Å². The Kier molecular flexibility index (Phi) is 11.4. The Labute approximate surface area is 313 Å². The number of nitrogens with zero attached hydrogens (tertiary/aromatic N) is 15. The van der Waals surface area contributed by atoms with Crippen molar-refractivity contribution in [2.75, 3.05) is 14.2 Å². The lowest BCUT2D eigenvalue weighted by Gasteiger charge is -2.15. The quantitative estimate of drug-likeness (QED) is 0.182. The summed E-state index contributed by atoms with van der Waals surface area (Å²) in [4.78, 5) is 15.4. The number of ether oxygens (including phenoxy) is 2. The van der Waals surface area contributed by atoms with Gasteiger partial charge in [-0.15, -0.1) is 30.0 Å². The van der Waals surface area contributed by atoms with E-state index in [2.05, 4.69) is 64.0 Å². The molecule has 17 nitrogen and oxygen atoms in total. The van der Waals surface area contributed by atoms with Gasteiger partial charge in [0.2, 0.25) is 11.6 Å². The van der Waals surface area contributed by atoms with Crippen molar-refractivity contribution in [2.45, 2.75) is 18.3 Å². The van der Waals surface area contributed by atoms with Gasteiger partial charge in [-0.2, -0.15) is 21.0 Å². The van der Waals surface area contributed by atoms with Crippen LogP contribution in [0.1, 0.15) is 40.6 Å². The van der Waals surface area contributed by atoms with Crippen molar-refractivity contribution in [3.8, 4) is 70.2 Å². The van der Waals surface area contributed by atoms with Crippen molar-refractivity contribution < 1.29 is 9.47 Å². The molecule has 0 saturated heterocycles. The fourth-order valence-electron chi connectivity index (χ4n) is 5.35. The lowest BCUT2D eigenvalue weighted by Crippen LogP contribution is -2.07. The Hall–Kier alpha value is -8.41. The molecule has 0 aliphatic rings. The van der Waals surface area contributed by atoms with Crippen molar-refractivity contribution in [2.24, 2.45) is 0 Å². The molecule has 0 amide bonds. The zero-order valence-electron chi connectivity index (χ0n) is 29.2. The number of methoxy groups -OCH3 is 2. The second-order valence-corrected chi connectivity index (χ2v) is 11.2. The van der Waals surface area contributed by atoms with E-state index in [-0.39, 0.29) is 6.42 Å². The molecule has 2 unspecified atom stereocenters. The van der Waals surface area contributed by atoms with Crippen molar-refractivity contribution in [1.29, 1.82) is 21.0 Å². The molecule has 5 heterocycles. The minimum absolute atomic E-state index is 0.0948. The van der Waals surface area contributed by atoms with Crippen LogP contribution in [0.4, 0.5) is 0 Å². The standard InChI is InChI=1S/C21H14N8O.C17H13N7O/c1-30-19-11-15(29-27-21(26-28-29)18-6-2-3-9-24-18)7-8-16(19)17(13-23)20-14(12-22)5-4-10-25-20;1-25-16-10-13(5-6-14(16)12(11-19)7-8-18)24-22-17(21-23-24)15-4-2-3-9-20-15/h2-11,17H,1H3;2-6,9-10,12H,7H2,1H3. The predicted octanol–water partition coefficient (Wildman–Crippen LogP) is 4.91. The maximum absolute atomic E-state index is 9.79. The smallest absolute Gasteiger partial charge is 0.223 e. The minimum Gasteiger partial charge on any atom is -0.496 e. The molecule has 0 aliphatic carbocycles. The number of hydrogen-bond donors (Lipinski definition) is 0. The third-order valence-electron chi connectivity index (χ3n) is 8.01. The topological polar surface area (TPSA) is 239 Å². The molecule has 0 N–H and O–H groups in total. The second-order valence-electron chi connectivity index (χ2n) is 11.2. The molecule has 7 aromatic rings. The van der Waals surface area contributed by atoms with E-state index in [1.807, 2.05) is 30.3 Å². The van der Waals surface area contributed by atoms with E-state index < -0.39 is 11.8 Å². The Balaban J connectivity index is 0.000000190. The van der Waals surface area contributed by atoms with Gasteiger partial charge in [-0.25, -0.2) is 0 Å². The highest BCUT2D eigenvalue weighted by molar-refractivity contribution is 5.54. The van der Waals surface area contributed by atoms with E-state index in [1.54, 1.807) is 79.3 Å². The van der Waals surface area contributed by atoms with E-state index >= 15 is 0 Å². The lowest BCUT2D eigenvalue weighted by atomic mass is 9.93. The summed E-state index contributed by atoms with van der Waals surface area (Å²) in [5.74, 6) is 0.421. The van der Waals surface area contributed by atoms with Crippen LogP contribution in [0, 0.1) is 45.3 Å². The minimum atomic E-state index is -0.766. The summed E-state index contributed by atoms with van der Waals surface area (Å²) in [5, 5.41) is 62.1. The number of benzene rings is 2. The van der Waals surface area contributed by atoms with Crippen LogP contribution in [0.3, 0.4) is 0 Å². The van der Waals surface area contributed by atoms with Gasteiger partial charge < -0.3 is 9.47 Å². The first-order valence-electron chi connectivity index (χ1n) is 16.3. The molecule has 2 atom stereocenters. The van der Waals surface area contributed by atoms with Gasteiger partial charge in [-0.05, 0) is 59.0 Å². The zero-order valence-corrected chi connectivity index (χ0v) is 29.2. The first-order valence-corrected chi connectivity index (χ1v) is 16.3. The molecule has 0 saturated carbocycles. The van der Waals surface area contributed by atoms with Gasteiger partial charge in [0, 0.05) is 41.9 Å². The van der Waals surface area contributed by atoms with Crippen LogP contribution >= 0.6 is 0 Å². The fourth-order valence-corrected chi connectivity index (χ4v) is 5.35. The molecule has 17 heteroatoms. The molecule has 2 aromatic carbocycles. The number of rotatable bonds is 10. The maximum atomic E-state index is 9.79. The molecule has 0 radical (unpaired) electrons. The van der Waals surface area contributed by atoms with Crippen LogP contribution < -0.4 is 9.47 Å². The molecule has 0 spiro atoms. The van der Waals surface area contributed by atoms with Crippen molar-refractivity contribution in [3.05, 3.63) is 126 Å². The van der Waals surface area contributed by atoms with E-state index in [0.717, 1.165) is 0 Å². The SMILES string of the molecule is COc1cc(-n2nnc(-c3ccccn3)n2)ccc1C(C#N)CC#N.COc1cc(-n2nnc(-c3ccccn3)n2)ccc1C(C#N)c1ncccc1C#N. The molecule has 0 fully saturated rings.